The van der Waals surface area contributed by atoms with Gasteiger partial charge in [-0.3, -0.25) is 4.79 Å². The molecule has 1 unspecified atom stereocenters. The first-order valence-electron chi connectivity index (χ1n) is 12.7. The average molecular weight is 512 g/mol. The van der Waals surface area contributed by atoms with Gasteiger partial charge in [-0.1, -0.05) is 24.3 Å². The highest BCUT2D eigenvalue weighted by Crippen LogP contribution is 2.37. The Bertz CT molecular complexity index is 1450. The van der Waals surface area contributed by atoms with E-state index in [9.17, 15) is 4.79 Å². The number of likely N-dealkylation sites (tertiary alicyclic amines) is 1. The van der Waals surface area contributed by atoms with Gasteiger partial charge < -0.3 is 19.5 Å². The Morgan fingerprint density at radius 2 is 1.84 bits per heavy atom. The van der Waals surface area contributed by atoms with E-state index in [2.05, 4.69) is 87.5 Å². The summed E-state index contributed by atoms with van der Waals surface area (Å²) in [5.41, 5.74) is 4.56. The number of hydrogen-bond donors (Lipinski definition) is 1. The summed E-state index contributed by atoms with van der Waals surface area (Å²) in [6, 6.07) is 25.3. The van der Waals surface area contributed by atoms with Crippen LogP contribution in [0.3, 0.4) is 0 Å². The predicted octanol–water partition coefficient (Wildman–Crippen LogP) is 6.35. The normalized spacial score (nSPS) is 15.3. The second kappa shape index (κ2) is 11.0. The Labute approximate surface area is 222 Å². The molecule has 1 amide bonds. The second-order valence-electron chi connectivity index (χ2n) is 9.55. The number of carbonyl (C=O) groups is 1. The van der Waals surface area contributed by atoms with Crippen molar-refractivity contribution in [1.82, 2.24) is 14.3 Å². The summed E-state index contributed by atoms with van der Waals surface area (Å²) in [6.45, 7) is 1.61. The standard InChI is InChI=1S/C21H19N3OS.C9H14N2/c25-14-23-10-5-7-16(13-23)21-22-20(17-8-3-4-11-24(17)21)19-12-15-6-1-2-9-18(15)26-19;1-10-8-4-6-9(7-5-8)11(2)3/h1-4,6,8-9,11-12,14,16H,5,7,10,13H2;4-7,10H,1-3H3. The highest BCUT2D eigenvalue weighted by Gasteiger charge is 2.26. The molecule has 0 bridgehead atoms. The van der Waals surface area contributed by atoms with Crippen LogP contribution < -0.4 is 10.2 Å². The van der Waals surface area contributed by atoms with Gasteiger partial charge >= 0.3 is 0 Å². The van der Waals surface area contributed by atoms with Crippen molar-refractivity contribution in [1.29, 1.82) is 0 Å². The molecule has 1 aliphatic rings. The molecule has 190 valence electrons. The van der Waals surface area contributed by atoms with Gasteiger partial charge in [0.2, 0.25) is 6.41 Å². The number of imidazole rings is 1. The van der Waals surface area contributed by atoms with Crippen molar-refractivity contribution >= 4 is 44.7 Å². The molecule has 7 heteroatoms. The molecule has 0 radical (unpaired) electrons. The maximum absolute atomic E-state index is 11.2. The highest BCUT2D eigenvalue weighted by molar-refractivity contribution is 7.22. The molecule has 1 fully saturated rings. The number of nitrogens with zero attached hydrogens (tertiary/aromatic N) is 4. The summed E-state index contributed by atoms with van der Waals surface area (Å²) in [5.74, 6) is 1.35. The summed E-state index contributed by atoms with van der Waals surface area (Å²) in [4.78, 5) is 21.5. The summed E-state index contributed by atoms with van der Waals surface area (Å²) in [5, 5.41) is 4.33. The van der Waals surface area contributed by atoms with Gasteiger partial charge in [-0.2, -0.15) is 0 Å². The SMILES string of the molecule is CNc1ccc(N(C)C)cc1.O=CN1CCCC(c2nc(-c3cc4ccccc4s3)c3ccccn23)C1. The highest BCUT2D eigenvalue weighted by atomic mass is 32.1. The van der Waals surface area contributed by atoms with Crippen molar-refractivity contribution in [2.45, 2.75) is 18.8 Å². The molecule has 6 rings (SSSR count). The number of fused-ring (bicyclic) bond motifs is 2. The third-order valence-electron chi connectivity index (χ3n) is 6.87. The predicted molar refractivity (Wildman–Crippen MR) is 156 cm³/mol. The van der Waals surface area contributed by atoms with E-state index in [4.69, 9.17) is 4.98 Å². The number of piperidine rings is 1. The monoisotopic (exact) mass is 511 g/mol. The Hall–Kier alpha value is -3.84. The van der Waals surface area contributed by atoms with E-state index in [1.54, 1.807) is 11.3 Å². The van der Waals surface area contributed by atoms with Gasteiger partial charge in [0.1, 0.15) is 11.5 Å². The first kappa shape index (κ1) is 24.8. The van der Waals surface area contributed by atoms with Gasteiger partial charge in [-0.05, 0) is 66.8 Å². The van der Waals surface area contributed by atoms with Crippen LogP contribution in [0.2, 0.25) is 0 Å². The quantitative estimate of drug-likeness (QED) is 0.280. The van der Waals surface area contributed by atoms with Crippen LogP contribution >= 0.6 is 11.3 Å². The van der Waals surface area contributed by atoms with Gasteiger partial charge in [-0.15, -0.1) is 11.3 Å². The first-order chi connectivity index (χ1) is 18.1. The minimum atomic E-state index is 0.284. The molecule has 37 heavy (non-hydrogen) atoms. The van der Waals surface area contributed by atoms with Crippen molar-refractivity contribution in [3.63, 3.8) is 0 Å². The van der Waals surface area contributed by atoms with E-state index < -0.39 is 0 Å². The maximum atomic E-state index is 11.2. The zero-order chi connectivity index (χ0) is 25.8. The second-order valence-corrected chi connectivity index (χ2v) is 10.6. The number of benzene rings is 2. The van der Waals surface area contributed by atoms with E-state index in [1.807, 2.05) is 32.1 Å². The molecule has 4 heterocycles. The van der Waals surface area contributed by atoms with Crippen LogP contribution in [-0.4, -0.2) is 54.9 Å². The van der Waals surface area contributed by atoms with Crippen molar-refractivity contribution in [3.05, 3.63) is 84.8 Å². The Kier molecular flexibility index (Phi) is 7.42. The molecule has 5 aromatic rings. The number of thiophene rings is 1. The molecule has 6 nitrogen and oxygen atoms in total. The van der Waals surface area contributed by atoms with E-state index in [-0.39, 0.29) is 5.92 Å². The number of rotatable bonds is 5. The molecular formula is C30H33N5OS. The molecule has 0 spiro atoms. The lowest BCUT2D eigenvalue weighted by Crippen LogP contribution is -2.33. The minimum absolute atomic E-state index is 0.284. The minimum Gasteiger partial charge on any atom is -0.388 e. The number of carbonyl (C=O) groups excluding carboxylic acids is 1. The van der Waals surface area contributed by atoms with Crippen LogP contribution in [0, 0.1) is 0 Å². The van der Waals surface area contributed by atoms with Crippen LogP contribution in [0.15, 0.2) is 79.0 Å². The van der Waals surface area contributed by atoms with Gasteiger partial charge in [0, 0.05) is 62.4 Å². The van der Waals surface area contributed by atoms with Gasteiger partial charge in [-0.25, -0.2) is 4.98 Å². The smallest absolute Gasteiger partial charge is 0.209 e. The number of amides is 1. The van der Waals surface area contributed by atoms with E-state index in [0.29, 0.717) is 0 Å². The Morgan fingerprint density at radius 1 is 1.05 bits per heavy atom. The maximum Gasteiger partial charge on any atom is 0.209 e. The molecule has 3 aromatic heterocycles. The Morgan fingerprint density at radius 3 is 2.57 bits per heavy atom. The van der Waals surface area contributed by atoms with Crippen molar-refractivity contribution in [2.24, 2.45) is 0 Å². The number of nitrogens with one attached hydrogen (secondary N) is 1. The molecule has 0 aliphatic carbocycles. The summed E-state index contributed by atoms with van der Waals surface area (Å²) >= 11 is 1.79. The van der Waals surface area contributed by atoms with Crippen molar-refractivity contribution < 1.29 is 4.79 Å². The third-order valence-corrected chi connectivity index (χ3v) is 8.00. The lowest BCUT2D eigenvalue weighted by Gasteiger charge is -2.29. The van der Waals surface area contributed by atoms with Crippen LogP contribution in [0.25, 0.3) is 26.2 Å². The van der Waals surface area contributed by atoms with Crippen molar-refractivity contribution in [2.75, 3.05) is 44.4 Å². The fourth-order valence-electron chi connectivity index (χ4n) is 4.87. The molecular weight excluding hydrogens is 478 g/mol. The van der Waals surface area contributed by atoms with E-state index in [0.717, 1.165) is 55.1 Å². The number of anilines is 2. The number of hydrogen-bond acceptors (Lipinski definition) is 5. The lowest BCUT2D eigenvalue weighted by molar-refractivity contribution is -0.119. The molecule has 1 saturated heterocycles. The van der Waals surface area contributed by atoms with Gasteiger partial charge in [0.05, 0.1) is 10.4 Å². The van der Waals surface area contributed by atoms with Gasteiger partial charge in [0.25, 0.3) is 0 Å². The summed E-state index contributed by atoms with van der Waals surface area (Å²) in [6.07, 6.45) is 5.16. The van der Waals surface area contributed by atoms with Crippen LogP contribution in [0.4, 0.5) is 11.4 Å². The zero-order valence-corrected chi connectivity index (χ0v) is 22.4. The zero-order valence-electron chi connectivity index (χ0n) is 21.6. The van der Waals surface area contributed by atoms with Crippen LogP contribution in [0.5, 0.6) is 0 Å². The van der Waals surface area contributed by atoms with E-state index in [1.165, 1.54) is 20.7 Å². The van der Waals surface area contributed by atoms with Crippen LogP contribution in [-0.2, 0) is 4.79 Å². The fraction of sp³-hybridized carbons (Fsp3) is 0.267. The lowest BCUT2D eigenvalue weighted by atomic mass is 9.98. The van der Waals surface area contributed by atoms with Crippen LogP contribution in [0.1, 0.15) is 24.6 Å². The molecule has 0 saturated carbocycles. The number of aromatic nitrogens is 2. The summed E-state index contributed by atoms with van der Waals surface area (Å²) < 4.78 is 3.49. The summed E-state index contributed by atoms with van der Waals surface area (Å²) in [7, 11) is 5.99. The molecule has 2 aromatic carbocycles. The van der Waals surface area contributed by atoms with E-state index >= 15 is 0 Å². The average Bonchev–Trinajstić information content (AvgIpc) is 3.55. The largest absolute Gasteiger partial charge is 0.388 e. The molecule has 1 N–H and O–H groups in total. The fourth-order valence-corrected chi connectivity index (χ4v) is 5.93. The van der Waals surface area contributed by atoms with Crippen molar-refractivity contribution in [3.8, 4) is 10.6 Å². The molecule has 1 atom stereocenters. The topological polar surface area (TPSA) is 52.9 Å². The third kappa shape index (κ3) is 5.32. The number of pyridine rings is 1. The molecule has 1 aliphatic heterocycles. The van der Waals surface area contributed by atoms with Gasteiger partial charge in [0.15, 0.2) is 0 Å². The first-order valence-corrected chi connectivity index (χ1v) is 13.5. The Balaban J connectivity index is 0.000000215.